The molecular formula is C19H24N2O2S. The number of ether oxygens (including phenoxy) is 1. The number of carbonyl (C=O) groups excluding carboxylic acids is 1. The molecule has 0 radical (unpaired) electrons. The van der Waals surface area contributed by atoms with Gasteiger partial charge in [-0.1, -0.05) is 6.07 Å². The molecule has 3 rings (SSSR count). The average molecular weight is 344 g/mol. The van der Waals surface area contributed by atoms with Gasteiger partial charge >= 0.3 is 0 Å². The SMILES string of the molecule is CC(=O)N(Cc1csc(COc2cc(C)cc(C)c2C)n1)C1CC1. The molecule has 0 unspecified atom stereocenters. The third kappa shape index (κ3) is 3.96. The number of hydrogen-bond donors (Lipinski definition) is 0. The Labute approximate surface area is 147 Å². The molecule has 1 heterocycles. The summed E-state index contributed by atoms with van der Waals surface area (Å²) in [6, 6.07) is 4.65. The largest absolute Gasteiger partial charge is 0.486 e. The monoisotopic (exact) mass is 344 g/mol. The Balaban J connectivity index is 1.63. The van der Waals surface area contributed by atoms with Crippen LogP contribution in [-0.4, -0.2) is 21.8 Å². The Morgan fingerprint density at radius 2 is 2.08 bits per heavy atom. The predicted octanol–water partition coefficient (Wildman–Crippen LogP) is 4.16. The molecule has 4 nitrogen and oxygen atoms in total. The van der Waals surface area contributed by atoms with E-state index < -0.39 is 0 Å². The minimum Gasteiger partial charge on any atom is -0.486 e. The Kier molecular flexibility index (Phi) is 4.90. The maximum absolute atomic E-state index is 11.7. The lowest BCUT2D eigenvalue weighted by Crippen LogP contribution is -2.30. The molecule has 0 N–H and O–H groups in total. The average Bonchev–Trinajstić information content (AvgIpc) is 3.26. The third-order valence-corrected chi connectivity index (χ3v) is 5.31. The summed E-state index contributed by atoms with van der Waals surface area (Å²) in [6.07, 6.45) is 2.23. The summed E-state index contributed by atoms with van der Waals surface area (Å²) in [6.45, 7) is 8.98. The first-order valence-corrected chi connectivity index (χ1v) is 9.23. The van der Waals surface area contributed by atoms with Crippen LogP contribution in [0.15, 0.2) is 17.5 Å². The van der Waals surface area contributed by atoms with E-state index in [9.17, 15) is 4.79 Å². The molecule has 0 atom stereocenters. The fraction of sp³-hybridized carbons (Fsp3) is 0.474. The van der Waals surface area contributed by atoms with Crippen LogP contribution in [0.1, 0.15) is 47.2 Å². The topological polar surface area (TPSA) is 42.4 Å². The number of amides is 1. The number of hydrogen-bond acceptors (Lipinski definition) is 4. The fourth-order valence-corrected chi connectivity index (χ4v) is 3.53. The quantitative estimate of drug-likeness (QED) is 0.790. The van der Waals surface area contributed by atoms with Crippen LogP contribution in [0.4, 0.5) is 0 Å². The Bertz CT molecular complexity index is 750. The molecule has 0 bridgehead atoms. The van der Waals surface area contributed by atoms with Crippen LogP contribution in [0.3, 0.4) is 0 Å². The molecule has 24 heavy (non-hydrogen) atoms. The maximum atomic E-state index is 11.7. The molecule has 1 amide bonds. The number of nitrogens with zero attached hydrogens (tertiary/aromatic N) is 2. The van der Waals surface area contributed by atoms with Crippen molar-refractivity contribution in [2.75, 3.05) is 0 Å². The summed E-state index contributed by atoms with van der Waals surface area (Å²) < 4.78 is 5.98. The summed E-state index contributed by atoms with van der Waals surface area (Å²) >= 11 is 1.59. The van der Waals surface area contributed by atoms with Crippen LogP contribution in [0.2, 0.25) is 0 Å². The molecule has 2 aromatic rings. The highest BCUT2D eigenvalue weighted by Crippen LogP contribution is 2.29. The first-order chi connectivity index (χ1) is 11.4. The number of rotatable bonds is 6. The van der Waals surface area contributed by atoms with Crippen LogP contribution in [-0.2, 0) is 17.9 Å². The summed E-state index contributed by atoms with van der Waals surface area (Å²) in [5, 5.41) is 2.98. The molecule has 1 aliphatic carbocycles. The van der Waals surface area contributed by atoms with Crippen molar-refractivity contribution in [2.24, 2.45) is 0 Å². The van der Waals surface area contributed by atoms with Gasteiger partial charge in [-0.05, 0) is 56.4 Å². The van der Waals surface area contributed by atoms with Gasteiger partial charge in [-0.15, -0.1) is 11.3 Å². The second-order valence-electron chi connectivity index (χ2n) is 6.60. The second-order valence-corrected chi connectivity index (χ2v) is 7.55. The molecule has 0 spiro atoms. The van der Waals surface area contributed by atoms with Crippen LogP contribution in [0.25, 0.3) is 0 Å². The smallest absolute Gasteiger partial charge is 0.220 e. The van der Waals surface area contributed by atoms with Gasteiger partial charge in [0.25, 0.3) is 0 Å². The van der Waals surface area contributed by atoms with Gasteiger partial charge < -0.3 is 9.64 Å². The van der Waals surface area contributed by atoms with E-state index in [-0.39, 0.29) is 5.91 Å². The minimum absolute atomic E-state index is 0.133. The molecule has 1 aromatic carbocycles. The van der Waals surface area contributed by atoms with Crippen LogP contribution < -0.4 is 4.74 Å². The van der Waals surface area contributed by atoms with Gasteiger partial charge in [-0.2, -0.15) is 0 Å². The van der Waals surface area contributed by atoms with Crippen molar-refractivity contribution in [1.82, 2.24) is 9.88 Å². The van der Waals surface area contributed by atoms with E-state index in [0.717, 1.165) is 29.3 Å². The lowest BCUT2D eigenvalue weighted by molar-refractivity contribution is -0.130. The number of thiazole rings is 1. The normalized spacial score (nSPS) is 13.8. The van der Waals surface area contributed by atoms with Crippen molar-refractivity contribution in [3.63, 3.8) is 0 Å². The van der Waals surface area contributed by atoms with E-state index in [1.54, 1.807) is 18.3 Å². The van der Waals surface area contributed by atoms with Crippen molar-refractivity contribution in [1.29, 1.82) is 0 Å². The number of benzene rings is 1. The molecule has 5 heteroatoms. The molecule has 1 aromatic heterocycles. The zero-order valence-electron chi connectivity index (χ0n) is 14.8. The van der Waals surface area contributed by atoms with E-state index in [2.05, 4.69) is 37.9 Å². The zero-order chi connectivity index (χ0) is 17.3. The molecule has 1 fully saturated rings. The number of aromatic nitrogens is 1. The Morgan fingerprint density at radius 3 is 2.75 bits per heavy atom. The zero-order valence-corrected chi connectivity index (χ0v) is 15.6. The van der Waals surface area contributed by atoms with E-state index in [1.165, 1.54) is 16.7 Å². The van der Waals surface area contributed by atoms with Gasteiger partial charge in [-0.25, -0.2) is 4.98 Å². The van der Waals surface area contributed by atoms with Gasteiger partial charge in [0.1, 0.15) is 17.4 Å². The maximum Gasteiger partial charge on any atom is 0.220 e. The van der Waals surface area contributed by atoms with Crippen LogP contribution in [0, 0.1) is 20.8 Å². The third-order valence-electron chi connectivity index (χ3n) is 4.44. The van der Waals surface area contributed by atoms with E-state index in [4.69, 9.17) is 4.74 Å². The van der Waals surface area contributed by atoms with Crippen LogP contribution >= 0.6 is 11.3 Å². The summed E-state index contributed by atoms with van der Waals surface area (Å²) in [5.74, 6) is 1.06. The highest BCUT2D eigenvalue weighted by atomic mass is 32.1. The fourth-order valence-electron chi connectivity index (χ4n) is 2.84. The first-order valence-electron chi connectivity index (χ1n) is 8.35. The minimum atomic E-state index is 0.133. The van der Waals surface area contributed by atoms with E-state index in [0.29, 0.717) is 19.2 Å². The predicted molar refractivity (Wildman–Crippen MR) is 96.3 cm³/mol. The first kappa shape index (κ1) is 17.0. The highest BCUT2D eigenvalue weighted by molar-refractivity contribution is 7.09. The lowest BCUT2D eigenvalue weighted by atomic mass is 10.1. The van der Waals surface area contributed by atoms with Crippen molar-refractivity contribution < 1.29 is 9.53 Å². The summed E-state index contributed by atoms with van der Waals surface area (Å²) in [5.41, 5.74) is 4.58. The molecule has 0 saturated heterocycles. The summed E-state index contributed by atoms with van der Waals surface area (Å²) in [4.78, 5) is 18.3. The molecule has 128 valence electrons. The van der Waals surface area contributed by atoms with Crippen molar-refractivity contribution in [2.45, 2.75) is 59.7 Å². The second kappa shape index (κ2) is 6.93. The van der Waals surface area contributed by atoms with Gasteiger partial charge in [-0.3, -0.25) is 4.79 Å². The van der Waals surface area contributed by atoms with Crippen molar-refractivity contribution in [3.8, 4) is 5.75 Å². The summed E-state index contributed by atoms with van der Waals surface area (Å²) in [7, 11) is 0. The molecule has 1 saturated carbocycles. The molecular weight excluding hydrogens is 320 g/mol. The van der Waals surface area contributed by atoms with E-state index in [1.807, 2.05) is 10.3 Å². The van der Waals surface area contributed by atoms with Crippen LogP contribution in [0.5, 0.6) is 5.75 Å². The number of carbonyl (C=O) groups is 1. The van der Waals surface area contributed by atoms with Gasteiger partial charge in [0, 0.05) is 18.3 Å². The van der Waals surface area contributed by atoms with Crippen molar-refractivity contribution >= 4 is 17.2 Å². The highest BCUT2D eigenvalue weighted by Gasteiger charge is 2.31. The standard InChI is InChI=1S/C19H24N2O2S/c1-12-7-13(2)14(3)18(8-12)23-10-19-20-16(11-24-19)9-21(15(4)22)17-5-6-17/h7-8,11,17H,5-6,9-10H2,1-4H3. The Morgan fingerprint density at radius 1 is 1.33 bits per heavy atom. The van der Waals surface area contributed by atoms with Gasteiger partial charge in [0.2, 0.25) is 5.91 Å². The van der Waals surface area contributed by atoms with Gasteiger partial charge in [0.05, 0.1) is 12.2 Å². The van der Waals surface area contributed by atoms with Gasteiger partial charge in [0.15, 0.2) is 0 Å². The molecule has 0 aliphatic heterocycles. The lowest BCUT2D eigenvalue weighted by Gasteiger charge is -2.19. The number of aryl methyl sites for hydroxylation is 2. The van der Waals surface area contributed by atoms with E-state index >= 15 is 0 Å². The Hall–Kier alpha value is -1.88. The molecule has 1 aliphatic rings. The van der Waals surface area contributed by atoms with Crippen molar-refractivity contribution in [3.05, 3.63) is 44.9 Å².